The van der Waals surface area contributed by atoms with Crippen LogP contribution < -0.4 is 10.2 Å². The maximum Gasteiger partial charge on any atom is 0.244 e. The van der Waals surface area contributed by atoms with E-state index < -0.39 is 0 Å². The highest BCUT2D eigenvalue weighted by Gasteiger charge is 2.36. The van der Waals surface area contributed by atoms with Crippen LogP contribution in [0.2, 0.25) is 0 Å². The fraction of sp³-hybridized carbons (Fsp3) is 0.0297. The van der Waals surface area contributed by atoms with Crippen molar-refractivity contribution in [2.24, 2.45) is 9.98 Å². The van der Waals surface area contributed by atoms with Crippen LogP contribution in [-0.2, 0) is 0 Å². The van der Waals surface area contributed by atoms with Crippen molar-refractivity contribution in [2.75, 3.05) is 17.3 Å². The molecule has 0 saturated heterocycles. The SMILES string of the molecule is CN1c2c(oc3cc(-c4ccc5cc6c(cc5c4)c4cc5ccccc5cc4n6-c4ccc(C5=Nc6c(sc7ccccc67)NC5c5ccc6c(c5)sc5ccccc56)c5ccccc45)ccc23)N=C(c2ccc3c(c2)sc2ccccc23)C1c1cccc(-n2c3cc4ccccc4cc3c3ccc4ccccc4c32)c1. The lowest BCUT2D eigenvalue weighted by Crippen LogP contribution is -2.33. The molecule has 6 aromatic heterocycles. The van der Waals surface area contributed by atoms with Crippen LogP contribution in [0.25, 0.3) is 181 Å². The predicted octanol–water partition coefficient (Wildman–Crippen LogP) is 28.6. The fourth-order valence-corrected chi connectivity index (χ4v) is 22.2. The van der Waals surface area contributed by atoms with Crippen LogP contribution in [0, 0.1) is 0 Å². The first-order chi connectivity index (χ1) is 54.9. The van der Waals surface area contributed by atoms with Gasteiger partial charge in [0.1, 0.15) is 22.0 Å². The van der Waals surface area contributed by atoms with E-state index in [0.29, 0.717) is 5.88 Å². The molecule has 10 heteroatoms. The molecule has 0 amide bonds. The highest BCUT2D eigenvalue weighted by molar-refractivity contribution is 7.26. The number of likely N-dealkylation sites (N-methyl/N-ethyl adjacent to an activating group) is 1. The molecule has 2 aliphatic heterocycles. The molecule has 0 fully saturated rings. The van der Waals surface area contributed by atoms with Gasteiger partial charge < -0.3 is 23.8 Å². The Labute approximate surface area is 647 Å². The van der Waals surface area contributed by atoms with Crippen molar-refractivity contribution in [2.45, 2.75) is 12.1 Å². The van der Waals surface area contributed by atoms with Gasteiger partial charge in [-0.1, -0.05) is 224 Å². The van der Waals surface area contributed by atoms with Gasteiger partial charge in [0.15, 0.2) is 0 Å². The van der Waals surface area contributed by atoms with Gasteiger partial charge in [-0.2, -0.15) is 0 Å². The van der Waals surface area contributed by atoms with Crippen molar-refractivity contribution in [3.8, 4) is 22.5 Å². The molecule has 0 bridgehead atoms. The number of hydrogen-bond acceptors (Lipinski definition) is 8. The minimum Gasteiger partial charge on any atom is -0.436 e. The molecule has 0 saturated carbocycles. The summed E-state index contributed by atoms with van der Waals surface area (Å²) in [5.74, 6) is 0.604. The third-order valence-electron chi connectivity index (χ3n) is 23.9. The summed E-state index contributed by atoms with van der Waals surface area (Å²) in [6, 6.07) is 121. The first kappa shape index (κ1) is 61.5. The molecule has 2 unspecified atom stereocenters. The number of aromatic nitrogens is 2. The van der Waals surface area contributed by atoms with Crippen molar-refractivity contribution in [1.29, 1.82) is 0 Å². The Kier molecular flexibility index (Phi) is 12.9. The number of furan rings is 1. The molecule has 518 valence electrons. The number of aliphatic imine (C=N–C) groups is 2. The van der Waals surface area contributed by atoms with Gasteiger partial charge in [-0.3, -0.25) is 0 Å². The second-order valence-electron chi connectivity index (χ2n) is 30.0. The van der Waals surface area contributed by atoms with E-state index in [4.69, 9.17) is 14.4 Å². The van der Waals surface area contributed by atoms with Gasteiger partial charge in [0.25, 0.3) is 0 Å². The van der Waals surface area contributed by atoms with E-state index in [9.17, 15) is 0 Å². The second-order valence-corrected chi connectivity index (χ2v) is 33.2. The van der Waals surface area contributed by atoms with Crippen LogP contribution >= 0.6 is 34.0 Å². The number of rotatable bonds is 7. The Hall–Kier alpha value is -13.5. The first-order valence-corrected chi connectivity index (χ1v) is 40.3. The van der Waals surface area contributed by atoms with Crippen LogP contribution in [0.4, 0.5) is 22.3 Å². The van der Waals surface area contributed by atoms with Crippen molar-refractivity contribution in [1.82, 2.24) is 9.13 Å². The van der Waals surface area contributed by atoms with E-state index in [1.807, 2.05) is 22.7 Å². The molecule has 23 aromatic rings. The number of anilines is 2. The van der Waals surface area contributed by atoms with Gasteiger partial charge in [-0.15, -0.1) is 34.0 Å². The first-order valence-electron chi connectivity index (χ1n) is 37.8. The van der Waals surface area contributed by atoms with Crippen LogP contribution in [0.3, 0.4) is 0 Å². The number of nitrogens with zero attached hydrogens (tertiary/aromatic N) is 5. The Bertz CT molecular complexity index is 8140. The molecular formula is C101H60N6OS3. The Morgan fingerprint density at radius 3 is 1.61 bits per heavy atom. The number of benzene rings is 17. The summed E-state index contributed by atoms with van der Waals surface area (Å²) in [6.45, 7) is 0. The zero-order chi connectivity index (χ0) is 72.4. The number of thiophene rings is 3. The lowest BCUT2D eigenvalue weighted by atomic mass is 9.90. The van der Waals surface area contributed by atoms with Crippen molar-refractivity contribution in [3.63, 3.8) is 0 Å². The topological polar surface area (TPSA) is 63.0 Å². The number of fused-ring (bicyclic) bond motifs is 24. The second kappa shape index (κ2) is 23.3. The fourth-order valence-electron chi connectivity index (χ4n) is 18.8. The smallest absolute Gasteiger partial charge is 0.244 e. The Balaban J connectivity index is 0.620. The lowest BCUT2D eigenvalue weighted by molar-refractivity contribution is 0.618. The molecule has 0 radical (unpaired) electrons. The molecule has 2 aliphatic rings. The molecule has 1 N–H and O–H groups in total. The van der Waals surface area contributed by atoms with Crippen molar-refractivity contribution >= 4 is 227 Å². The molecule has 17 aromatic carbocycles. The monoisotopic (exact) mass is 1470 g/mol. The quantitative estimate of drug-likeness (QED) is 0.173. The maximum atomic E-state index is 7.13. The van der Waals surface area contributed by atoms with Gasteiger partial charge in [0.05, 0.1) is 51.3 Å². The normalized spacial score (nSPS) is 14.7. The predicted molar refractivity (Wildman–Crippen MR) is 475 cm³/mol. The van der Waals surface area contributed by atoms with Gasteiger partial charge in [0, 0.05) is 112 Å². The number of hydrogen-bond donors (Lipinski definition) is 1. The van der Waals surface area contributed by atoms with Gasteiger partial charge in [0.2, 0.25) is 5.88 Å². The van der Waals surface area contributed by atoms with Crippen LogP contribution in [0.15, 0.2) is 342 Å². The molecule has 0 aliphatic carbocycles. The van der Waals surface area contributed by atoms with Crippen LogP contribution in [0.5, 0.6) is 0 Å². The maximum absolute atomic E-state index is 7.13. The average molecular weight is 1470 g/mol. The molecule has 25 rings (SSSR count). The van der Waals surface area contributed by atoms with Crippen molar-refractivity contribution in [3.05, 3.63) is 350 Å². The van der Waals surface area contributed by atoms with Crippen LogP contribution in [-0.4, -0.2) is 27.6 Å². The zero-order valence-electron chi connectivity index (χ0n) is 59.7. The van der Waals surface area contributed by atoms with Gasteiger partial charge >= 0.3 is 0 Å². The largest absolute Gasteiger partial charge is 0.436 e. The summed E-state index contributed by atoms with van der Waals surface area (Å²) < 4.78 is 18.4. The molecular weight excluding hydrogens is 1410 g/mol. The van der Waals surface area contributed by atoms with E-state index >= 15 is 0 Å². The van der Waals surface area contributed by atoms with Crippen LogP contribution in [0.1, 0.15) is 34.3 Å². The third kappa shape index (κ3) is 9.12. The van der Waals surface area contributed by atoms with Crippen molar-refractivity contribution < 1.29 is 4.42 Å². The van der Waals surface area contributed by atoms with E-state index in [2.05, 4.69) is 354 Å². The standard InChI is InChI=1S/C101H60N6OS3/c1-105-97(66-22-16-23-68(46-66)106-84-50-59-20-4-2-18-57(59)47-80(84)77-41-35-56-17-6-7-24-69(56)98(77)106)94(65-38-40-75-73-28-11-14-31-89(73)110-92(75)55-65)103-100-99(105)78-42-36-63(53-87(78)108-100)61-33-34-62-52-86-82(49-67(62)45-61)81-48-58-19-3-5-21-60(58)51-85(81)107(86)83-44-43-76(70-25-8-9-26-71(70)83)95-93(104-101-96(102-95)79-29-12-15-32-90(79)111-101)64-37-39-74-72-27-10-13-30-88(72)109-91(74)54-64/h2-55,93,97,104H,1H3. The summed E-state index contributed by atoms with van der Waals surface area (Å²) in [6.07, 6.45) is 0. The number of nitrogens with one attached hydrogen (secondary N) is 1. The average Bonchev–Trinajstić information content (AvgIpc) is 1.59. The molecule has 2 atom stereocenters. The molecule has 8 heterocycles. The Morgan fingerprint density at radius 2 is 0.874 bits per heavy atom. The minimum absolute atomic E-state index is 0.201. The summed E-state index contributed by atoms with van der Waals surface area (Å²) in [5, 5.41) is 29.2. The van der Waals surface area contributed by atoms with E-state index in [1.165, 1.54) is 121 Å². The van der Waals surface area contributed by atoms with E-state index in [-0.39, 0.29) is 12.1 Å². The van der Waals surface area contributed by atoms with Gasteiger partial charge in [-0.05, 0) is 168 Å². The summed E-state index contributed by atoms with van der Waals surface area (Å²) in [5.41, 5.74) is 18.2. The molecule has 111 heavy (non-hydrogen) atoms. The minimum atomic E-state index is -0.284. The summed E-state index contributed by atoms with van der Waals surface area (Å²) >= 11 is 5.48. The summed E-state index contributed by atoms with van der Waals surface area (Å²) in [4.78, 5) is 13.9. The molecule has 0 spiro atoms. The highest BCUT2D eigenvalue weighted by atomic mass is 32.1. The molecule has 7 nitrogen and oxygen atoms in total. The highest BCUT2D eigenvalue weighted by Crippen LogP contribution is 2.53. The third-order valence-corrected chi connectivity index (χ3v) is 27.3. The van der Waals surface area contributed by atoms with E-state index in [0.717, 1.165) is 111 Å². The lowest BCUT2D eigenvalue weighted by Gasteiger charge is -2.34. The zero-order valence-corrected chi connectivity index (χ0v) is 62.2. The van der Waals surface area contributed by atoms with Gasteiger partial charge in [-0.25, -0.2) is 9.98 Å². The Morgan fingerprint density at radius 1 is 0.333 bits per heavy atom. The summed E-state index contributed by atoms with van der Waals surface area (Å²) in [7, 11) is 2.22. The van der Waals surface area contributed by atoms with E-state index in [1.54, 1.807) is 11.3 Å².